The largest absolute Gasteiger partial charge is 0.379 e. The molecule has 0 amide bonds. The lowest BCUT2D eigenvalue weighted by Gasteiger charge is -2.23. The zero-order chi connectivity index (χ0) is 13.9. The summed E-state index contributed by atoms with van der Waals surface area (Å²) in [5.41, 5.74) is 5.50. The molecule has 1 heterocycles. The van der Waals surface area contributed by atoms with Crippen LogP contribution in [0.3, 0.4) is 0 Å². The van der Waals surface area contributed by atoms with Crippen molar-refractivity contribution in [1.82, 2.24) is 10.1 Å². The summed E-state index contributed by atoms with van der Waals surface area (Å²) in [6, 6.07) is 0. The molecule has 1 aliphatic carbocycles. The quantitative estimate of drug-likeness (QED) is 0.887. The van der Waals surface area contributed by atoms with Crippen LogP contribution in [0.15, 0.2) is 4.52 Å². The monoisotopic (exact) mass is 267 g/mol. The van der Waals surface area contributed by atoms with E-state index in [-0.39, 0.29) is 0 Å². The minimum atomic E-state index is -0.681. The van der Waals surface area contributed by atoms with Crippen molar-refractivity contribution in [1.29, 1.82) is 0 Å². The van der Waals surface area contributed by atoms with E-state index in [2.05, 4.69) is 17.1 Å². The van der Waals surface area contributed by atoms with E-state index >= 15 is 0 Å². The molecule has 1 atom stereocenters. The molecular formula is C14H25N3O2. The molecule has 108 valence electrons. The van der Waals surface area contributed by atoms with E-state index < -0.39 is 5.54 Å². The normalized spacial score (nSPS) is 27.2. The highest BCUT2D eigenvalue weighted by atomic mass is 16.5. The second-order valence-corrected chi connectivity index (χ2v) is 5.97. The second-order valence-electron chi connectivity index (χ2n) is 5.97. The molecule has 2 rings (SSSR count). The van der Waals surface area contributed by atoms with Crippen LogP contribution in [0.1, 0.15) is 64.1 Å². The second kappa shape index (κ2) is 6.01. The molecule has 5 heteroatoms. The van der Waals surface area contributed by atoms with Crippen LogP contribution in [-0.4, -0.2) is 23.4 Å². The Morgan fingerprint density at radius 3 is 2.68 bits per heavy atom. The molecule has 5 nitrogen and oxygen atoms in total. The number of hydrogen-bond donors (Lipinski definition) is 1. The molecule has 1 unspecified atom stereocenters. The van der Waals surface area contributed by atoms with Gasteiger partial charge in [-0.15, -0.1) is 0 Å². The summed E-state index contributed by atoms with van der Waals surface area (Å²) in [6.07, 6.45) is 4.74. The zero-order valence-electron chi connectivity index (χ0n) is 12.2. The van der Waals surface area contributed by atoms with E-state index in [4.69, 9.17) is 15.0 Å². The predicted octanol–water partition coefficient (Wildman–Crippen LogP) is 2.57. The smallest absolute Gasteiger partial charge is 0.229 e. The number of rotatable bonds is 5. The van der Waals surface area contributed by atoms with Crippen LogP contribution in [0.5, 0.6) is 0 Å². The van der Waals surface area contributed by atoms with Gasteiger partial charge in [-0.1, -0.05) is 12.1 Å². The molecule has 0 bridgehead atoms. The summed E-state index contributed by atoms with van der Waals surface area (Å²) >= 11 is 0. The summed E-state index contributed by atoms with van der Waals surface area (Å²) < 4.78 is 10.8. The SMILES string of the molecule is CCOCC(C)(N)c1noc(C2CCC(C)CC2)n1. The molecule has 1 fully saturated rings. The Balaban J connectivity index is 2.02. The first kappa shape index (κ1) is 14.5. The molecule has 1 saturated carbocycles. The highest BCUT2D eigenvalue weighted by molar-refractivity contribution is 5.04. The van der Waals surface area contributed by atoms with Crippen LogP contribution in [0.2, 0.25) is 0 Å². The first-order valence-electron chi connectivity index (χ1n) is 7.23. The molecule has 0 aromatic carbocycles. The van der Waals surface area contributed by atoms with Gasteiger partial charge < -0.3 is 15.0 Å². The Bertz CT molecular complexity index is 395. The fraction of sp³-hybridized carbons (Fsp3) is 0.857. The van der Waals surface area contributed by atoms with Gasteiger partial charge in [0.1, 0.15) is 5.54 Å². The van der Waals surface area contributed by atoms with Crippen LogP contribution in [0.4, 0.5) is 0 Å². The van der Waals surface area contributed by atoms with Crippen LogP contribution < -0.4 is 5.73 Å². The average molecular weight is 267 g/mol. The maximum atomic E-state index is 6.18. The van der Waals surface area contributed by atoms with Gasteiger partial charge in [0, 0.05) is 12.5 Å². The molecule has 19 heavy (non-hydrogen) atoms. The maximum absolute atomic E-state index is 6.18. The lowest BCUT2D eigenvalue weighted by molar-refractivity contribution is 0.0962. The van der Waals surface area contributed by atoms with Crippen molar-refractivity contribution in [3.8, 4) is 0 Å². The van der Waals surface area contributed by atoms with Gasteiger partial charge in [0.25, 0.3) is 0 Å². The maximum Gasteiger partial charge on any atom is 0.229 e. The lowest BCUT2D eigenvalue weighted by atomic mass is 9.83. The highest BCUT2D eigenvalue weighted by Gasteiger charge is 2.30. The molecule has 1 aromatic rings. The Kier molecular flexibility index (Phi) is 4.58. The Labute approximate surface area is 114 Å². The fourth-order valence-electron chi connectivity index (χ4n) is 2.52. The van der Waals surface area contributed by atoms with Gasteiger partial charge >= 0.3 is 0 Å². The van der Waals surface area contributed by atoms with Crippen molar-refractivity contribution < 1.29 is 9.26 Å². The molecule has 0 saturated heterocycles. The van der Waals surface area contributed by atoms with E-state index in [1.165, 1.54) is 12.8 Å². The van der Waals surface area contributed by atoms with E-state index in [0.29, 0.717) is 25.0 Å². The Hall–Kier alpha value is -0.940. The molecular weight excluding hydrogens is 242 g/mol. The third-order valence-corrected chi connectivity index (χ3v) is 3.92. The Morgan fingerprint density at radius 1 is 1.37 bits per heavy atom. The summed E-state index contributed by atoms with van der Waals surface area (Å²) in [4.78, 5) is 4.50. The minimum Gasteiger partial charge on any atom is -0.379 e. The number of hydrogen-bond acceptors (Lipinski definition) is 5. The number of ether oxygens (including phenoxy) is 1. The van der Waals surface area contributed by atoms with Gasteiger partial charge in [0.15, 0.2) is 5.82 Å². The van der Waals surface area contributed by atoms with Gasteiger partial charge in [0.05, 0.1) is 6.61 Å². The predicted molar refractivity (Wildman–Crippen MR) is 72.7 cm³/mol. The molecule has 0 spiro atoms. The summed E-state index contributed by atoms with van der Waals surface area (Å²) in [5, 5.41) is 4.04. The van der Waals surface area contributed by atoms with Crippen LogP contribution >= 0.6 is 0 Å². The van der Waals surface area contributed by atoms with E-state index in [0.717, 1.165) is 24.7 Å². The number of aromatic nitrogens is 2. The summed E-state index contributed by atoms with van der Waals surface area (Å²) in [6.45, 7) is 7.16. The average Bonchev–Trinajstić information content (AvgIpc) is 2.88. The van der Waals surface area contributed by atoms with Crippen LogP contribution in [0, 0.1) is 5.92 Å². The molecule has 1 aliphatic rings. The van der Waals surface area contributed by atoms with Crippen LogP contribution in [0.25, 0.3) is 0 Å². The summed E-state index contributed by atoms with van der Waals surface area (Å²) in [5.74, 6) is 2.52. The Morgan fingerprint density at radius 2 is 2.05 bits per heavy atom. The van der Waals surface area contributed by atoms with Gasteiger partial charge in [-0.2, -0.15) is 4.98 Å². The van der Waals surface area contributed by atoms with Crippen molar-refractivity contribution in [2.75, 3.05) is 13.2 Å². The minimum absolute atomic E-state index is 0.403. The topological polar surface area (TPSA) is 74.2 Å². The highest BCUT2D eigenvalue weighted by Crippen LogP contribution is 2.35. The van der Waals surface area contributed by atoms with Gasteiger partial charge in [-0.05, 0) is 45.4 Å². The first-order chi connectivity index (χ1) is 9.03. The van der Waals surface area contributed by atoms with Gasteiger partial charge in [-0.3, -0.25) is 0 Å². The zero-order valence-corrected chi connectivity index (χ0v) is 12.2. The molecule has 0 radical (unpaired) electrons. The van der Waals surface area contributed by atoms with Crippen molar-refractivity contribution in [3.05, 3.63) is 11.7 Å². The lowest BCUT2D eigenvalue weighted by Crippen LogP contribution is -2.39. The third kappa shape index (κ3) is 3.54. The van der Waals surface area contributed by atoms with E-state index in [9.17, 15) is 0 Å². The van der Waals surface area contributed by atoms with Crippen molar-refractivity contribution in [2.45, 2.75) is 57.9 Å². The van der Waals surface area contributed by atoms with Gasteiger partial charge in [-0.25, -0.2) is 0 Å². The van der Waals surface area contributed by atoms with E-state index in [1.54, 1.807) is 0 Å². The van der Waals surface area contributed by atoms with E-state index in [1.807, 2.05) is 13.8 Å². The fourth-order valence-corrected chi connectivity index (χ4v) is 2.52. The van der Waals surface area contributed by atoms with Crippen molar-refractivity contribution in [2.24, 2.45) is 11.7 Å². The van der Waals surface area contributed by atoms with Crippen LogP contribution in [-0.2, 0) is 10.3 Å². The number of nitrogens with two attached hydrogens (primary N) is 1. The molecule has 1 aromatic heterocycles. The van der Waals surface area contributed by atoms with Gasteiger partial charge in [0.2, 0.25) is 5.89 Å². The van der Waals surface area contributed by atoms with Crippen molar-refractivity contribution in [3.63, 3.8) is 0 Å². The van der Waals surface area contributed by atoms with Crippen molar-refractivity contribution >= 4 is 0 Å². The molecule has 0 aliphatic heterocycles. The third-order valence-electron chi connectivity index (χ3n) is 3.92. The molecule has 2 N–H and O–H groups in total. The standard InChI is InChI=1S/C14H25N3O2/c1-4-18-9-14(3,15)13-16-12(19-17-13)11-7-5-10(2)6-8-11/h10-11H,4-9,15H2,1-3H3. The first-order valence-corrected chi connectivity index (χ1v) is 7.23. The number of nitrogens with zero attached hydrogens (tertiary/aromatic N) is 2. The summed E-state index contributed by atoms with van der Waals surface area (Å²) in [7, 11) is 0.